The van der Waals surface area contributed by atoms with Crippen LogP contribution in [0, 0.1) is 0 Å². The van der Waals surface area contributed by atoms with E-state index in [4.69, 9.17) is 23.2 Å². The van der Waals surface area contributed by atoms with Gasteiger partial charge < -0.3 is 5.11 Å². The average molecular weight is 332 g/mol. The Morgan fingerprint density at radius 2 is 1.73 bits per heavy atom. The summed E-state index contributed by atoms with van der Waals surface area (Å²) in [7, 11) is 0. The topological polar surface area (TPSA) is 50.2 Å². The van der Waals surface area contributed by atoms with Crippen molar-refractivity contribution in [3.05, 3.63) is 71.9 Å². The highest BCUT2D eigenvalue weighted by Gasteiger charge is 2.37. The Bertz CT molecular complexity index is 845. The number of ketones is 1. The van der Waals surface area contributed by atoms with Crippen molar-refractivity contribution >= 4 is 39.9 Å². The first-order valence-electron chi connectivity index (χ1n) is 6.55. The number of pyridine rings is 1. The molecule has 3 rings (SSSR count). The molecule has 0 saturated heterocycles. The van der Waals surface area contributed by atoms with E-state index in [0.717, 1.165) is 10.9 Å². The zero-order valence-electron chi connectivity index (χ0n) is 11.3. The molecule has 22 heavy (non-hydrogen) atoms. The fraction of sp³-hybridized carbons (Fsp3) is 0.0588. The van der Waals surface area contributed by atoms with Crippen LogP contribution < -0.4 is 0 Å². The number of hydrogen-bond acceptors (Lipinski definition) is 3. The molecule has 0 aliphatic heterocycles. The molecule has 0 amide bonds. The molecule has 1 heterocycles. The number of fused-ring (bicyclic) bond motifs is 1. The number of phenolic OH excluding ortho intramolecular Hbond substituents is 1. The highest BCUT2D eigenvalue weighted by Crippen LogP contribution is 2.38. The van der Waals surface area contributed by atoms with Crippen LogP contribution in [0.15, 0.2) is 60.8 Å². The molecule has 3 aromatic rings. The normalized spacial score (nSPS) is 11.5. The first-order valence-corrected chi connectivity index (χ1v) is 7.31. The summed E-state index contributed by atoms with van der Waals surface area (Å²) in [4.78, 5) is 16.8. The van der Waals surface area contributed by atoms with E-state index in [0.29, 0.717) is 11.1 Å². The van der Waals surface area contributed by atoms with Gasteiger partial charge in [0.05, 0.1) is 5.52 Å². The summed E-state index contributed by atoms with van der Waals surface area (Å²) < 4.78 is -1.74. The van der Waals surface area contributed by atoms with Crippen molar-refractivity contribution in [2.24, 2.45) is 0 Å². The lowest BCUT2D eigenvalue weighted by molar-refractivity contribution is 0.0972. The van der Waals surface area contributed by atoms with Crippen molar-refractivity contribution in [1.82, 2.24) is 4.98 Å². The highest BCUT2D eigenvalue weighted by atomic mass is 35.5. The lowest BCUT2D eigenvalue weighted by Gasteiger charge is -2.19. The Morgan fingerprint density at radius 1 is 1.05 bits per heavy atom. The molecule has 0 atom stereocenters. The molecule has 0 bridgehead atoms. The third-order valence-electron chi connectivity index (χ3n) is 3.37. The molecule has 110 valence electrons. The highest BCUT2D eigenvalue weighted by molar-refractivity contribution is 6.59. The van der Waals surface area contributed by atoms with Crippen LogP contribution in [-0.4, -0.2) is 15.9 Å². The zero-order valence-corrected chi connectivity index (χ0v) is 12.8. The third-order valence-corrected chi connectivity index (χ3v) is 4.15. The SMILES string of the molecule is O=C(c1ccc(O)cc1)C(Cl)(Cl)c1cnc2ccccc2c1. The molecule has 2 aromatic carbocycles. The van der Waals surface area contributed by atoms with Crippen LogP contribution in [0.3, 0.4) is 0 Å². The van der Waals surface area contributed by atoms with Crippen molar-refractivity contribution in [3.8, 4) is 5.75 Å². The number of aromatic nitrogens is 1. The number of alkyl halides is 2. The Morgan fingerprint density at radius 3 is 2.45 bits per heavy atom. The summed E-state index contributed by atoms with van der Waals surface area (Å²) in [5, 5.41) is 10.1. The van der Waals surface area contributed by atoms with Gasteiger partial charge in [0.15, 0.2) is 0 Å². The van der Waals surface area contributed by atoms with Crippen LogP contribution in [0.2, 0.25) is 0 Å². The van der Waals surface area contributed by atoms with Crippen LogP contribution in [0.1, 0.15) is 15.9 Å². The lowest BCUT2D eigenvalue weighted by atomic mass is 10.0. The summed E-state index contributed by atoms with van der Waals surface area (Å²) in [6.45, 7) is 0. The van der Waals surface area contributed by atoms with E-state index in [1.54, 1.807) is 6.07 Å². The van der Waals surface area contributed by atoms with Crippen LogP contribution in [-0.2, 0) is 4.33 Å². The second-order valence-electron chi connectivity index (χ2n) is 4.87. The van der Waals surface area contributed by atoms with Gasteiger partial charge in [-0.3, -0.25) is 9.78 Å². The predicted molar refractivity (Wildman–Crippen MR) is 87.6 cm³/mol. The first kappa shape index (κ1) is 14.8. The van der Waals surface area contributed by atoms with E-state index < -0.39 is 10.1 Å². The Hall–Kier alpha value is -2.10. The summed E-state index contributed by atoms with van der Waals surface area (Å²) in [6.07, 6.45) is 1.50. The van der Waals surface area contributed by atoms with Gasteiger partial charge in [-0.2, -0.15) is 0 Å². The number of hydrogen-bond donors (Lipinski definition) is 1. The number of nitrogens with zero attached hydrogens (tertiary/aromatic N) is 1. The van der Waals surface area contributed by atoms with Crippen molar-refractivity contribution in [2.45, 2.75) is 4.33 Å². The Labute approximate surface area is 137 Å². The molecule has 0 spiro atoms. The number of halogens is 2. The Kier molecular flexibility index (Phi) is 3.77. The number of carbonyl (C=O) groups is 1. The minimum Gasteiger partial charge on any atom is -0.508 e. The molecule has 0 unspecified atom stereocenters. The van der Waals surface area contributed by atoms with Gasteiger partial charge in [0, 0.05) is 22.7 Å². The van der Waals surface area contributed by atoms with Crippen LogP contribution in [0.5, 0.6) is 5.75 Å². The minimum absolute atomic E-state index is 0.0682. The molecule has 1 N–H and O–H groups in total. The first-order chi connectivity index (χ1) is 10.5. The third kappa shape index (κ3) is 2.65. The maximum Gasteiger partial charge on any atom is 0.206 e. The van der Waals surface area contributed by atoms with Crippen molar-refractivity contribution in [1.29, 1.82) is 0 Å². The van der Waals surface area contributed by atoms with Gasteiger partial charge in [-0.15, -0.1) is 0 Å². The fourth-order valence-corrected chi connectivity index (χ4v) is 2.59. The molecular weight excluding hydrogens is 321 g/mol. The zero-order chi connectivity index (χ0) is 15.7. The summed E-state index contributed by atoms with van der Waals surface area (Å²) >= 11 is 12.6. The van der Waals surface area contributed by atoms with Crippen LogP contribution in [0.25, 0.3) is 10.9 Å². The lowest BCUT2D eigenvalue weighted by Crippen LogP contribution is -2.23. The number of benzene rings is 2. The van der Waals surface area contributed by atoms with Gasteiger partial charge in [0.25, 0.3) is 0 Å². The van der Waals surface area contributed by atoms with Crippen molar-refractivity contribution < 1.29 is 9.90 Å². The van der Waals surface area contributed by atoms with Gasteiger partial charge in [-0.05, 0) is 36.4 Å². The smallest absolute Gasteiger partial charge is 0.206 e. The summed E-state index contributed by atoms with van der Waals surface area (Å²) in [6, 6.07) is 15.0. The van der Waals surface area contributed by atoms with E-state index in [1.807, 2.05) is 24.3 Å². The Balaban J connectivity index is 2.02. The van der Waals surface area contributed by atoms with Gasteiger partial charge in [-0.1, -0.05) is 41.4 Å². The van der Waals surface area contributed by atoms with Crippen LogP contribution >= 0.6 is 23.2 Å². The molecule has 0 fully saturated rings. The molecular formula is C17H11Cl2NO2. The average Bonchev–Trinajstić information content (AvgIpc) is 2.54. The molecule has 5 heteroatoms. The van der Waals surface area contributed by atoms with Crippen molar-refractivity contribution in [3.63, 3.8) is 0 Å². The fourth-order valence-electron chi connectivity index (χ4n) is 2.17. The van der Waals surface area contributed by atoms with E-state index in [2.05, 4.69) is 4.98 Å². The molecule has 0 saturated carbocycles. The number of phenols is 1. The number of para-hydroxylation sites is 1. The van der Waals surface area contributed by atoms with Crippen LogP contribution in [0.4, 0.5) is 0 Å². The van der Waals surface area contributed by atoms with Crippen molar-refractivity contribution in [2.75, 3.05) is 0 Å². The largest absolute Gasteiger partial charge is 0.508 e. The van der Waals surface area contributed by atoms with E-state index >= 15 is 0 Å². The van der Waals surface area contributed by atoms with Gasteiger partial charge in [0.1, 0.15) is 5.75 Å². The van der Waals surface area contributed by atoms with Gasteiger partial charge >= 0.3 is 0 Å². The maximum absolute atomic E-state index is 12.5. The second-order valence-corrected chi connectivity index (χ2v) is 6.19. The van der Waals surface area contributed by atoms with E-state index in [-0.39, 0.29) is 5.75 Å². The maximum atomic E-state index is 12.5. The van der Waals surface area contributed by atoms with E-state index in [1.165, 1.54) is 30.5 Å². The summed E-state index contributed by atoms with van der Waals surface area (Å²) in [5.74, 6) is -0.397. The van der Waals surface area contributed by atoms with E-state index in [9.17, 15) is 9.90 Å². The number of carbonyl (C=O) groups excluding carboxylic acids is 1. The monoisotopic (exact) mass is 331 g/mol. The molecule has 0 radical (unpaired) electrons. The quantitative estimate of drug-likeness (QED) is 0.569. The molecule has 0 aliphatic carbocycles. The number of rotatable bonds is 3. The molecule has 0 aliphatic rings. The molecule has 3 nitrogen and oxygen atoms in total. The number of Topliss-reactive ketones (excluding diaryl/α,β-unsaturated/α-hetero) is 1. The summed E-state index contributed by atoms with van der Waals surface area (Å²) in [5.41, 5.74) is 1.52. The predicted octanol–water partition coefficient (Wildman–Crippen LogP) is 4.45. The second kappa shape index (κ2) is 5.59. The molecule has 1 aromatic heterocycles. The number of aromatic hydroxyl groups is 1. The standard InChI is InChI=1S/C17H11Cl2NO2/c18-17(19,16(22)11-5-7-14(21)8-6-11)13-9-12-3-1-2-4-15(12)20-10-13/h1-10,21H. The minimum atomic E-state index is -1.74. The van der Waals surface area contributed by atoms with Gasteiger partial charge in [0.2, 0.25) is 10.1 Å². The van der Waals surface area contributed by atoms with Gasteiger partial charge in [-0.25, -0.2) is 0 Å².